The van der Waals surface area contributed by atoms with Gasteiger partial charge in [-0.05, 0) is 23.1 Å². The number of carbonyl (C=O) groups excluding carboxylic acids is 2. The second-order valence-electron chi connectivity index (χ2n) is 9.29. The number of phenolic OH excluding ortho intramolecular Hbond substituents is 1. The van der Waals surface area contributed by atoms with Crippen molar-refractivity contribution in [3.63, 3.8) is 0 Å². The molecule has 1 aliphatic rings. The lowest BCUT2D eigenvalue weighted by Gasteiger charge is -2.17. The second kappa shape index (κ2) is 10.0. The van der Waals surface area contributed by atoms with Gasteiger partial charge in [-0.2, -0.15) is 0 Å². The molecule has 0 saturated carbocycles. The quantitative estimate of drug-likeness (QED) is 0.264. The van der Waals surface area contributed by atoms with Gasteiger partial charge in [0.2, 0.25) is 0 Å². The summed E-state index contributed by atoms with van der Waals surface area (Å²) in [5, 5.41) is 23.5. The van der Waals surface area contributed by atoms with E-state index in [9.17, 15) is 14.7 Å². The summed E-state index contributed by atoms with van der Waals surface area (Å²) in [5.41, 5.74) is 2.73. The molecule has 1 aliphatic heterocycles. The third-order valence-electron chi connectivity index (χ3n) is 6.85. The number of phenols is 1. The monoisotopic (exact) mass is 545 g/mol. The zero-order valence-corrected chi connectivity index (χ0v) is 21.6. The van der Waals surface area contributed by atoms with Gasteiger partial charge in [-0.15, -0.1) is 16.7 Å². The Morgan fingerprint density at radius 1 is 1.23 bits per heavy atom. The molecule has 0 unspecified atom stereocenters. The predicted molar refractivity (Wildman–Crippen MR) is 147 cm³/mol. The maximum absolute atomic E-state index is 13.7. The number of rotatable bonds is 7. The van der Waals surface area contributed by atoms with E-state index in [4.69, 9.17) is 16.3 Å². The summed E-state index contributed by atoms with van der Waals surface area (Å²) in [6.07, 6.45) is 3.08. The van der Waals surface area contributed by atoms with Gasteiger partial charge >= 0.3 is 0 Å². The predicted octanol–water partition coefficient (Wildman–Crippen LogP) is 3.89. The molecule has 198 valence electrons. The molecule has 3 aromatic heterocycles. The minimum atomic E-state index is -0.454. The first-order chi connectivity index (χ1) is 19.0. The summed E-state index contributed by atoms with van der Waals surface area (Å²) in [6, 6.07) is 12.6. The number of pyridine rings is 1. The number of aromatic nitrogens is 5. The van der Waals surface area contributed by atoms with E-state index in [-0.39, 0.29) is 23.3 Å². The summed E-state index contributed by atoms with van der Waals surface area (Å²) < 4.78 is 6.53. The summed E-state index contributed by atoms with van der Waals surface area (Å²) in [7, 11) is 1.58. The molecule has 2 amide bonds. The normalized spacial score (nSPS) is 14.7. The van der Waals surface area contributed by atoms with Crippen LogP contribution < -0.4 is 10.2 Å². The third kappa shape index (κ3) is 4.45. The Bertz CT molecular complexity index is 1730. The minimum Gasteiger partial charge on any atom is -0.507 e. The first-order valence-electron chi connectivity index (χ1n) is 12.3. The molecule has 0 saturated heterocycles. The first kappa shape index (κ1) is 24.8. The van der Waals surface area contributed by atoms with E-state index < -0.39 is 5.91 Å². The number of nitrogens with zero attached hydrogens (tertiary/aromatic N) is 5. The van der Waals surface area contributed by atoms with Gasteiger partial charge in [-0.3, -0.25) is 9.59 Å². The van der Waals surface area contributed by atoms with Crippen LogP contribution in [0.15, 0.2) is 54.9 Å². The van der Waals surface area contributed by atoms with Gasteiger partial charge in [-0.25, -0.2) is 9.67 Å². The van der Waals surface area contributed by atoms with Crippen LogP contribution in [0.1, 0.15) is 32.5 Å². The van der Waals surface area contributed by atoms with Gasteiger partial charge in [0.05, 0.1) is 36.7 Å². The van der Waals surface area contributed by atoms with Gasteiger partial charge in [-0.1, -0.05) is 29.5 Å². The molecule has 39 heavy (non-hydrogen) atoms. The van der Waals surface area contributed by atoms with Gasteiger partial charge in [0.15, 0.2) is 5.69 Å². The van der Waals surface area contributed by atoms with Gasteiger partial charge in [0, 0.05) is 42.3 Å². The van der Waals surface area contributed by atoms with E-state index in [0.29, 0.717) is 53.7 Å². The lowest BCUT2D eigenvalue weighted by atomic mass is 9.95. The van der Waals surface area contributed by atoms with Crippen LogP contribution in [0.5, 0.6) is 5.75 Å². The molecule has 6 rings (SSSR count). The average molecular weight is 546 g/mol. The SMILES string of the molecule is COCCn1cc(C(=O)Nc2cc3cc(C(=O)N4C[C@@H](CCl)c5c4cc(O)c4ccccc54)[nH]c3cn2)nn1. The number of benzene rings is 2. The second-order valence-corrected chi connectivity index (χ2v) is 9.60. The summed E-state index contributed by atoms with van der Waals surface area (Å²) >= 11 is 6.32. The maximum atomic E-state index is 13.7. The highest BCUT2D eigenvalue weighted by molar-refractivity contribution is 6.19. The Hall–Kier alpha value is -4.48. The Labute approximate surface area is 227 Å². The number of hydrogen-bond donors (Lipinski definition) is 3. The molecular weight excluding hydrogens is 522 g/mol. The molecule has 11 nitrogen and oxygen atoms in total. The number of methoxy groups -OCH3 is 1. The molecule has 2 aromatic carbocycles. The molecule has 0 bridgehead atoms. The van der Waals surface area contributed by atoms with Gasteiger partial charge < -0.3 is 25.0 Å². The van der Waals surface area contributed by atoms with Crippen molar-refractivity contribution >= 4 is 56.6 Å². The number of carbonyl (C=O) groups is 2. The fourth-order valence-corrected chi connectivity index (χ4v) is 5.23. The highest BCUT2D eigenvalue weighted by atomic mass is 35.5. The Morgan fingerprint density at radius 3 is 2.85 bits per heavy atom. The molecule has 0 spiro atoms. The fraction of sp³-hybridized carbons (Fsp3) is 0.222. The molecule has 0 fully saturated rings. The number of hydrogen-bond acceptors (Lipinski definition) is 7. The minimum absolute atomic E-state index is 0.0727. The van der Waals surface area contributed by atoms with Crippen molar-refractivity contribution in [1.29, 1.82) is 0 Å². The van der Waals surface area contributed by atoms with Crippen molar-refractivity contribution in [2.24, 2.45) is 0 Å². The molecule has 4 heterocycles. The van der Waals surface area contributed by atoms with Crippen LogP contribution >= 0.6 is 11.6 Å². The number of halogens is 1. The van der Waals surface area contributed by atoms with Crippen LogP contribution in [-0.2, 0) is 11.3 Å². The molecule has 0 aliphatic carbocycles. The van der Waals surface area contributed by atoms with Crippen molar-refractivity contribution < 1.29 is 19.4 Å². The number of aromatic hydroxyl groups is 1. The highest BCUT2D eigenvalue weighted by Crippen LogP contribution is 2.45. The smallest absolute Gasteiger partial charge is 0.278 e. The zero-order valence-electron chi connectivity index (χ0n) is 20.9. The van der Waals surface area contributed by atoms with Crippen LogP contribution in [0.3, 0.4) is 0 Å². The number of nitrogens with one attached hydrogen (secondary N) is 2. The van der Waals surface area contributed by atoms with E-state index in [0.717, 1.165) is 16.3 Å². The van der Waals surface area contributed by atoms with Crippen molar-refractivity contribution in [1.82, 2.24) is 25.0 Å². The standard InChI is InChI=1S/C27H24ClN7O4/c1-39-7-6-34-14-21(32-33-34)26(37)31-24-9-15-8-19(30-20(15)12-29-24)27(38)35-13-16(11-28)25-18-5-3-2-4-17(18)23(36)10-22(25)35/h2-5,8-10,12,14,16,30,36H,6-7,11,13H2,1H3,(H,29,31,37)/t16-/m1/s1. The highest BCUT2D eigenvalue weighted by Gasteiger charge is 2.35. The Balaban J connectivity index is 1.26. The van der Waals surface area contributed by atoms with Crippen molar-refractivity contribution in [3.05, 3.63) is 71.8 Å². The number of anilines is 2. The van der Waals surface area contributed by atoms with Crippen LogP contribution in [0.4, 0.5) is 11.5 Å². The summed E-state index contributed by atoms with van der Waals surface area (Å²) in [4.78, 5) is 35.3. The number of aromatic amines is 1. The molecule has 5 aromatic rings. The van der Waals surface area contributed by atoms with E-state index in [1.807, 2.05) is 24.3 Å². The van der Waals surface area contributed by atoms with Crippen molar-refractivity contribution in [2.45, 2.75) is 12.5 Å². The van der Waals surface area contributed by atoms with Crippen molar-refractivity contribution in [3.8, 4) is 5.75 Å². The van der Waals surface area contributed by atoms with Crippen LogP contribution in [0, 0.1) is 0 Å². The average Bonchev–Trinajstić information content (AvgIpc) is 3.68. The van der Waals surface area contributed by atoms with Crippen LogP contribution in [0.25, 0.3) is 21.7 Å². The molecule has 3 N–H and O–H groups in total. The van der Waals surface area contributed by atoms with Gasteiger partial charge in [0.25, 0.3) is 11.8 Å². The Kier molecular flexibility index (Phi) is 6.37. The van der Waals surface area contributed by atoms with Crippen LogP contribution in [-0.4, -0.2) is 68.0 Å². The van der Waals surface area contributed by atoms with Crippen molar-refractivity contribution in [2.75, 3.05) is 36.4 Å². The number of alkyl halides is 1. The third-order valence-corrected chi connectivity index (χ3v) is 7.22. The number of H-pyrrole nitrogens is 1. The largest absolute Gasteiger partial charge is 0.507 e. The zero-order chi connectivity index (χ0) is 27.1. The first-order valence-corrected chi connectivity index (χ1v) is 12.8. The number of fused-ring (bicyclic) bond motifs is 4. The number of amides is 2. The van der Waals surface area contributed by atoms with E-state index in [2.05, 4.69) is 25.6 Å². The maximum Gasteiger partial charge on any atom is 0.278 e. The fourth-order valence-electron chi connectivity index (χ4n) is 4.98. The Morgan fingerprint density at radius 2 is 2.05 bits per heavy atom. The lowest BCUT2D eigenvalue weighted by Crippen LogP contribution is -2.30. The van der Waals surface area contributed by atoms with E-state index in [1.165, 1.54) is 10.9 Å². The topological polar surface area (TPSA) is 138 Å². The molecule has 0 radical (unpaired) electrons. The molecular formula is C27H24ClN7O4. The van der Waals surface area contributed by atoms with E-state index >= 15 is 0 Å². The lowest BCUT2D eigenvalue weighted by molar-refractivity contribution is 0.0982. The molecule has 1 atom stereocenters. The summed E-state index contributed by atoms with van der Waals surface area (Å²) in [5.74, 6) is -0.0280. The number of ether oxygens (including phenoxy) is 1. The van der Waals surface area contributed by atoms with Crippen LogP contribution in [0.2, 0.25) is 0 Å². The summed E-state index contributed by atoms with van der Waals surface area (Å²) in [6.45, 7) is 1.32. The van der Waals surface area contributed by atoms with Gasteiger partial charge in [0.1, 0.15) is 17.3 Å². The molecule has 12 heteroatoms. The van der Waals surface area contributed by atoms with E-state index in [1.54, 1.807) is 36.4 Å².